The maximum absolute atomic E-state index is 12.9. The van der Waals surface area contributed by atoms with Crippen LogP contribution < -0.4 is 5.56 Å². The third kappa shape index (κ3) is 3.14. The number of nitrogens with zero attached hydrogens (tertiary/aromatic N) is 2. The van der Waals surface area contributed by atoms with Crippen LogP contribution >= 0.6 is 15.9 Å². The molecule has 0 aliphatic carbocycles. The van der Waals surface area contributed by atoms with Crippen molar-refractivity contribution < 1.29 is 9.21 Å². The fourth-order valence-electron chi connectivity index (χ4n) is 3.08. The first-order chi connectivity index (χ1) is 12.9. The maximum atomic E-state index is 12.9. The molecule has 0 aliphatic rings. The Morgan fingerprint density at radius 2 is 2.00 bits per heavy atom. The summed E-state index contributed by atoms with van der Waals surface area (Å²) in [6.07, 6.45) is 0. The molecular weight excluding hydrogens is 410 g/mol. The average molecular weight is 426 g/mol. The first-order valence-electron chi connectivity index (χ1n) is 8.36. The summed E-state index contributed by atoms with van der Waals surface area (Å²) < 4.78 is 6.68. The Hall–Kier alpha value is -2.93. The van der Waals surface area contributed by atoms with Crippen molar-refractivity contribution in [2.45, 2.75) is 13.5 Å². The van der Waals surface area contributed by atoms with Gasteiger partial charge in [0.2, 0.25) is 0 Å². The standard InChI is InChI=1S/C20H16BrN3O3/c1-11-14-9-12(21)7-8-16(14)27-18(11)20(26)24(2)10-17-22-15-6-4-3-5-13(15)19(25)23-17/h3-9H,10H2,1-2H3,(H,22,23,25). The smallest absolute Gasteiger partial charge is 0.290 e. The molecule has 0 bridgehead atoms. The molecule has 0 atom stereocenters. The highest BCUT2D eigenvalue weighted by atomic mass is 79.9. The normalized spacial score (nSPS) is 11.2. The van der Waals surface area contributed by atoms with Crippen LogP contribution in [0.25, 0.3) is 21.9 Å². The predicted molar refractivity (Wildman–Crippen MR) is 107 cm³/mol. The molecule has 2 aromatic carbocycles. The van der Waals surface area contributed by atoms with Crippen molar-refractivity contribution in [3.8, 4) is 0 Å². The molecule has 0 saturated carbocycles. The van der Waals surface area contributed by atoms with E-state index in [1.54, 1.807) is 25.2 Å². The van der Waals surface area contributed by atoms with Gasteiger partial charge in [-0.1, -0.05) is 28.1 Å². The van der Waals surface area contributed by atoms with E-state index in [-0.39, 0.29) is 23.8 Å². The third-order valence-corrected chi connectivity index (χ3v) is 4.98. The summed E-state index contributed by atoms with van der Waals surface area (Å²) >= 11 is 3.43. The number of aromatic amines is 1. The fraction of sp³-hybridized carbons (Fsp3) is 0.150. The number of fused-ring (bicyclic) bond motifs is 2. The van der Waals surface area contributed by atoms with E-state index in [4.69, 9.17) is 4.42 Å². The number of amides is 1. The molecule has 0 radical (unpaired) electrons. The van der Waals surface area contributed by atoms with Crippen molar-refractivity contribution in [3.05, 3.63) is 74.4 Å². The van der Waals surface area contributed by atoms with Crippen LogP contribution in [0.3, 0.4) is 0 Å². The molecule has 0 aliphatic heterocycles. The van der Waals surface area contributed by atoms with Gasteiger partial charge >= 0.3 is 0 Å². The Morgan fingerprint density at radius 3 is 2.81 bits per heavy atom. The van der Waals surface area contributed by atoms with Crippen molar-refractivity contribution in [2.24, 2.45) is 0 Å². The van der Waals surface area contributed by atoms with E-state index in [0.29, 0.717) is 22.3 Å². The van der Waals surface area contributed by atoms with Crippen molar-refractivity contribution in [1.82, 2.24) is 14.9 Å². The van der Waals surface area contributed by atoms with Crippen LogP contribution in [0.2, 0.25) is 0 Å². The van der Waals surface area contributed by atoms with Crippen molar-refractivity contribution in [2.75, 3.05) is 7.05 Å². The molecule has 4 aromatic rings. The first kappa shape index (κ1) is 17.5. The topological polar surface area (TPSA) is 79.2 Å². The van der Waals surface area contributed by atoms with Gasteiger partial charge in [-0.3, -0.25) is 9.59 Å². The van der Waals surface area contributed by atoms with E-state index in [0.717, 1.165) is 15.4 Å². The number of nitrogens with one attached hydrogen (secondary N) is 1. The molecule has 0 spiro atoms. The molecule has 2 aromatic heterocycles. The summed E-state index contributed by atoms with van der Waals surface area (Å²) in [5.41, 5.74) is 1.82. The molecule has 4 rings (SSSR count). The van der Waals surface area contributed by atoms with Crippen molar-refractivity contribution in [1.29, 1.82) is 0 Å². The number of aromatic nitrogens is 2. The Balaban J connectivity index is 1.65. The molecule has 0 fully saturated rings. The van der Waals surface area contributed by atoms with E-state index in [1.165, 1.54) is 4.90 Å². The molecule has 27 heavy (non-hydrogen) atoms. The van der Waals surface area contributed by atoms with Gasteiger partial charge in [0.05, 0.1) is 17.4 Å². The Morgan fingerprint density at radius 1 is 1.22 bits per heavy atom. The monoisotopic (exact) mass is 425 g/mol. The maximum Gasteiger partial charge on any atom is 0.290 e. The van der Waals surface area contributed by atoms with Crippen molar-refractivity contribution in [3.63, 3.8) is 0 Å². The lowest BCUT2D eigenvalue weighted by Crippen LogP contribution is -2.28. The lowest BCUT2D eigenvalue weighted by molar-refractivity contribution is 0.0751. The van der Waals surface area contributed by atoms with E-state index in [1.807, 2.05) is 31.2 Å². The average Bonchev–Trinajstić information content (AvgIpc) is 2.97. The summed E-state index contributed by atoms with van der Waals surface area (Å²) in [4.78, 5) is 33.7. The molecule has 7 heteroatoms. The zero-order valence-electron chi connectivity index (χ0n) is 14.7. The number of furan rings is 1. The van der Waals surface area contributed by atoms with E-state index >= 15 is 0 Å². The Kier molecular flexibility index (Phi) is 4.31. The van der Waals surface area contributed by atoms with Crippen LogP contribution in [0, 0.1) is 6.92 Å². The molecule has 1 amide bonds. The number of hydrogen-bond acceptors (Lipinski definition) is 4. The van der Waals surface area contributed by atoms with Gasteiger partial charge in [-0.05, 0) is 37.3 Å². The van der Waals surface area contributed by atoms with Crippen LogP contribution in [0.1, 0.15) is 21.9 Å². The minimum Gasteiger partial charge on any atom is -0.451 e. The minimum absolute atomic E-state index is 0.166. The van der Waals surface area contributed by atoms with Gasteiger partial charge in [0.1, 0.15) is 11.4 Å². The zero-order valence-corrected chi connectivity index (χ0v) is 16.3. The number of para-hydroxylation sites is 1. The molecule has 1 N–H and O–H groups in total. The second-order valence-corrected chi connectivity index (χ2v) is 7.30. The summed E-state index contributed by atoms with van der Waals surface area (Å²) in [6, 6.07) is 12.7. The second kappa shape index (κ2) is 6.66. The minimum atomic E-state index is -0.268. The van der Waals surface area contributed by atoms with E-state index in [9.17, 15) is 9.59 Å². The lowest BCUT2D eigenvalue weighted by Gasteiger charge is -2.15. The number of carbonyl (C=O) groups excluding carboxylic acids is 1. The number of benzene rings is 2. The molecular formula is C20H16BrN3O3. The van der Waals surface area contributed by atoms with Gasteiger partial charge in [0.25, 0.3) is 11.5 Å². The van der Waals surface area contributed by atoms with Crippen molar-refractivity contribution >= 4 is 43.7 Å². The molecule has 0 unspecified atom stereocenters. The predicted octanol–water partition coefficient (Wildman–Crippen LogP) is 4.01. The highest BCUT2D eigenvalue weighted by Crippen LogP contribution is 2.28. The molecule has 0 saturated heterocycles. The molecule has 6 nitrogen and oxygen atoms in total. The van der Waals surface area contributed by atoms with Crippen LogP contribution in [0.5, 0.6) is 0 Å². The molecule has 2 heterocycles. The summed E-state index contributed by atoms with van der Waals surface area (Å²) in [6.45, 7) is 2.02. The first-order valence-corrected chi connectivity index (χ1v) is 9.15. The number of rotatable bonds is 3. The molecule has 136 valence electrons. The number of aryl methyl sites for hydroxylation is 1. The van der Waals surface area contributed by atoms with Gasteiger partial charge in [-0.2, -0.15) is 0 Å². The zero-order chi connectivity index (χ0) is 19.1. The van der Waals surface area contributed by atoms with Gasteiger partial charge in [0, 0.05) is 22.5 Å². The van der Waals surface area contributed by atoms with Crippen LogP contribution in [-0.4, -0.2) is 27.8 Å². The number of hydrogen-bond donors (Lipinski definition) is 1. The number of H-pyrrole nitrogens is 1. The van der Waals surface area contributed by atoms with Gasteiger partial charge in [0.15, 0.2) is 5.76 Å². The van der Waals surface area contributed by atoms with Crippen LogP contribution in [0.15, 0.2) is 56.1 Å². The SMILES string of the molecule is Cc1c(C(=O)N(C)Cc2nc3ccccc3c(=O)[nH]2)oc2ccc(Br)cc12. The lowest BCUT2D eigenvalue weighted by atomic mass is 10.1. The summed E-state index contributed by atoms with van der Waals surface area (Å²) in [7, 11) is 1.65. The summed E-state index contributed by atoms with van der Waals surface area (Å²) in [5, 5.41) is 1.41. The van der Waals surface area contributed by atoms with E-state index < -0.39 is 0 Å². The highest BCUT2D eigenvalue weighted by molar-refractivity contribution is 9.10. The third-order valence-electron chi connectivity index (χ3n) is 4.49. The van der Waals surface area contributed by atoms with E-state index in [2.05, 4.69) is 25.9 Å². The largest absolute Gasteiger partial charge is 0.451 e. The highest BCUT2D eigenvalue weighted by Gasteiger charge is 2.22. The quantitative estimate of drug-likeness (QED) is 0.537. The fourth-order valence-corrected chi connectivity index (χ4v) is 3.44. The van der Waals surface area contributed by atoms with Crippen LogP contribution in [-0.2, 0) is 6.54 Å². The Labute approximate surface area is 162 Å². The number of carbonyl (C=O) groups is 1. The summed E-state index contributed by atoms with van der Waals surface area (Å²) in [5.74, 6) is 0.440. The van der Waals surface area contributed by atoms with Crippen LogP contribution in [0.4, 0.5) is 0 Å². The number of halogens is 1. The van der Waals surface area contributed by atoms with Gasteiger partial charge in [-0.15, -0.1) is 0 Å². The van der Waals surface area contributed by atoms with Gasteiger partial charge < -0.3 is 14.3 Å². The Bertz CT molecular complexity index is 1240. The second-order valence-electron chi connectivity index (χ2n) is 6.39. The van der Waals surface area contributed by atoms with Gasteiger partial charge in [-0.25, -0.2) is 4.98 Å².